The van der Waals surface area contributed by atoms with Gasteiger partial charge in [0.2, 0.25) is 0 Å². The molecule has 1 aliphatic rings. The maximum absolute atomic E-state index is 11.1. The second-order valence-electron chi connectivity index (χ2n) is 5.92. The minimum absolute atomic E-state index is 0.337. The van der Waals surface area contributed by atoms with Gasteiger partial charge in [0.05, 0.1) is 5.92 Å². The van der Waals surface area contributed by atoms with Crippen molar-refractivity contribution in [3.63, 3.8) is 0 Å². The first-order valence-corrected chi connectivity index (χ1v) is 7.03. The molecule has 0 saturated carbocycles. The van der Waals surface area contributed by atoms with Gasteiger partial charge in [-0.3, -0.25) is 4.79 Å². The normalized spacial score (nSPS) is 19.6. The van der Waals surface area contributed by atoms with Gasteiger partial charge in [0.1, 0.15) is 0 Å². The van der Waals surface area contributed by atoms with Crippen LogP contribution in [0.4, 0.5) is 5.69 Å². The highest BCUT2D eigenvalue weighted by Gasteiger charge is 2.30. The highest BCUT2D eigenvalue weighted by atomic mass is 16.4. The van der Waals surface area contributed by atoms with Crippen LogP contribution in [0.2, 0.25) is 0 Å². The van der Waals surface area contributed by atoms with Gasteiger partial charge in [-0.2, -0.15) is 0 Å². The van der Waals surface area contributed by atoms with Gasteiger partial charge < -0.3 is 10.0 Å². The summed E-state index contributed by atoms with van der Waals surface area (Å²) in [5.41, 5.74) is 3.81. The van der Waals surface area contributed by atoms with E-state index in [4.69, 9.17) is 5.11 Å². The van der Waals surface area contributed by atoms with Gasteiger partial charge in [0, 0.05) is 17.8 Å². The third kappa shape index (κ3) is 2.60. The van der Waals surface area contributed by atoms with Crippen LogP contribution in [0.25, 0.3) is 0 Å². The molecule has 2 rings (SSSR count). The van der Waals surface area contributed by atoms with Gasteiger partial charge >= 0.3 is 5.97 Å². The second-order valence-corrected chi connectivity index (χ2v) is 5.92. The van der Waals surface area contributed by atoms with Crippen LogP contribution in [0.3, 0.4) is 0 Å². The molecule has 2 unspecified atom stereocenters. The predicted octanol–water partition coefficient (Wildman–Crippen LogP) is 3.11. The zero-order valence-corrected chi connectivity index (χ0v) is 12.2. The summed E-state index contributed by atoms with van der Waals surface area (Å²) >= 11 is 0. The van der Waals surface area contributed by atoms with Gasteiger partial charge in [-0.25, -0.2) is 0 Å². The van der Waals surface area contributed by atoms with Crippen molar-refractivity contribution in [3.8, 4) is 0 Å². The van der Waals surface area contributed by atoms with E-state index in [9.17, 15) is 4.79 Å². The summed E-state index contributed by atoms with van der Waals surface area (Å²) < 4.78 is 0. The van der Waals surface area contributed by atoms with E-state index in [0.29, 0.717) is 18.5 Å². The zero-order chi connectivity index (χ0) is 14.2. The summed E-state index contributed by atoms with van der Waals surface area (Å²) in [5.74, 6) is -1.06. The number of rotatable bonds is 4. The molecule has 19 heavy (non-hydrogen) atoms. The molecule has 1 N–H and O–H groups in total. The van der Waals surface area contributed by atoms with Gasteiger partial charge in [-0.15, -0.1) is 0 Å². The molecule has 0 aliphatic carbocycles. The van der Waals surface area contributed by atoms with E-state index >= 15 is 0 Å². The zero-order valence-electron chi connectivity index (χ0n) is 12.2. The lowest BCUT2D eigenvalue weighted by atomic mass is 9.97. The van der Waals surface area contributed by atoms with Crippen molar-refractivity contribution in [2.24, 2.45) is 5.92 Å². The SMILES string of the molecule is CC(Cc1cccc2c1N(C(C)C)C(C)C2)C(=O)O. The second kappa shape index (κ2) is 5.24. The Labute approximate surface area is 115 Å². The lowest BCUT2D eigenvalue weighted by Gasteiger charge is -2.31. The van der Waals surface area contributed by atoms with Crippen molar-refractivity contribution in [3.05, 3.63) is 29.3 Å². The number of carboxylic acids is 1. The highest BCUT2D eigenvalue weighted by molar-refractivity contribution is 5.72. The Bertz CT molecular complexity index is 482. The summed E-state index contributed by atoms with van der Waals surface area (Å²) in [5, 5.41) is 9.11. The minimum atomic E-state index is -0.722. The van der Waals surface area contributed by atoms with Crippen molar-refractivity contribution >= 4 is 11.7 Å². The van der Waals surface area contributed by atoms with Gasteiger partial charge in [0.15, 0.2) is 0 Å². The molecule has 1 heterocycles. The van der Waals surface area contributed by atoms with Gasteiger partial charge in [-0.05, 0) is 44.7 Å². The van der Waals surface area contributed by atoms with Crippen LogP contribution in [0.5, 0.6) is 0 Å². The van der Waals surface area contributed by atoms with Gasteiger partial charge in [0.25, 0.3) is 0 Å². The maximum atomic E-state index is 11.1. The molecular formula is C16H23NO2. The van der Waals surface area contributed by atoms with Crippen LogP contribution in [0.15, 0.2) is 18.2 Å². The molecule has 2 atom stereocenters. The van der Waals surface area contributed by atoms with Crippen molar-refractivity contribution < 1.29 is 9.90 Å². The first kappa shape index (κ1) is 13.9. The molecule has 1 aromatic rings. The number of fused-ring (bicyclic) bond motifs is 1. The Morgan fingerprint density at radius 1 is 1.42 bits per heavy atom. The molecule has 1 aliphatic heterocycles. The highest BCUT2D eigenvalue weighted by Crippen LogP contribution is 2.37. The van der Waals surface area contributed by atoms with Crippen molar-refractivity contribution in [1.82, 2.24) is 0 Å². The number of aliphatic carboxylic acids is 1. The Morgan fingerprint density at radius 3 is 2.68 bits per heavy atom. The van der Waals surface area contributed by atoms with Crippen LogP contribution < -0.4 is 4.90 Å². The summed E-state index contributed by atoms with van der Waals surface area (Å²) in [6.45, 7) is 8.41. The first-order chi connectivity index (χ1) is 8.91. The number of anilines is 1. The third-order valence-electron chi connectivity index (χ3n) is 3.96. The fourth-order valence-electron chi connectivity index (χ4n) is 3.13. The molecule has 0 amide bonds. The van der Waals surface area contributed by atoms with Crippen molar-refractivity contribution in [1.29, 1.82) is 0 Å². The maximum Gasteiger partial charge on any atom is 0.306 e. The molecular weight excluding hydrogens is 238 g/mol. The average molecular weight is 261 g/mol. The predicted molar refractivity (Wildman–Crippen MR) is 77.7 cm³/mol. The monoisotopic (exact) mass is 261 g/mol. The van der Waals surface area contributed by atoms with Crippen LogP contribution in [0, 0.1) is 5.92 Å². The summed E-state index contributed by atoms with van der Waals surface area (Å²) in [4.78, 5) is 13.5. The third-order valence-corrected chi connectivity index (χ3v) is 3.96. The van der Waals surface area contributed by atoms with Crippen LogP contribution in [0.1, 0.15) is 38.8 Å². The number of hydrogen-bond donors (Lipinski definition) is 1. The van der Waals surface area contributed by atoms with E-state index in [1.54, 1.807) is 6.92 Å². The van der Waals surface area contributed by atoms with Gasteiger partial charge in [-0.1, -0.05) is 25.1 Å². The number of carbonyl (C=O) groups is 1. The van der Waals surface area contributed by atoms with Crippen molar-refractivity contribution in [2.45, 2.75) is 52.6 Å². The molecule has 0 bridgehead atoms. The minimum Gasteiger partial charge on any atom is -0.481 e. The molecule has 0 saturated heterocycles. The van der Waals surface area contributed by atoms with E-state index in [1.165, 1.54) is 16.8 Å². The standard InChI is InChI=1S/C16H23NO2/c1-10(2)17-12(4)9-14-7-5-6-13(15(14)17)8-11(3)16(18)19/h5-7,10-12H,8-9H2,1-4H3,(H,18,19). The van der Waals surface area contributed by atoms with E-state index in [1.807, 2.05) is 0 Å². The molecule has 0 aromatic heterocycles. The smallest absolute Gasteiger partial charge is 0.306 e. The molecule has 104 valence electrons. The van der Waals surface area contributed by atoms with Crippen LogP contribution in [-0.4, -0.2) is 23.2 Å². The topological polar surface area (TPSA) is 40.5 Å². The van der Waals surface area contributed by atoms with E-state index < -0.39 is 5.97 Å². The molecule has 1 aromatic carbocycles. The lowest BCUT2D eigenvalue weighted by Crippen LogP contribution is -2.36. The van der Waals surface area contributed by atoms with E-state index in [-0.39, 0.29) is 5.92 Å². The molecule has 3 nitrogen and oxygen atoms in total. The molecule has 3 heteroatoms. The number of para-hydroxylation sites is 1. The van der Waals surface area contributed by atoms with Crippen LogP contribution in [-0.2, 0) is 17.6 Å². The molecule has 0 fully saturated rings. The number of benzene rings is 1. The fraction of sp³-hybridized carbons (Fsp3) is 0.562. The Hall–Kier alpha value is -1.51. The largest absolute Gasteiger partial charge is 0.481 e. The number of hydrogen-bond acceptors (Lipinski definition) is 2. The fourth-order valence-corrected chi connectivity index (χ4v) is 3.13. The average Bonchev–Trinajstić information content (AvgIpc) is 2.65. The Balaban J connectivity index is 2.38. The van der Waals surface area contributed by atoms with E-state index in [0.717, 1.165) is 6.42 Å². The summed E-state index contributed by atoms with van der Waals surface area (Å²) in [7, 11) is 0. The summed E-state index contributed by atoms with van der Waals surface area (Å²) in [6.07, 6.45) is 1.66. The first-order valence-electron chi connectivity index (χ1n) is 7.03. The van der Waals surface area contributed by atoms with E-state index in [2.05, 4.69) is 43.9 Å². The lowest BCUT2D eigenvalue weighted by molar-refractivity contribution is -0.141. The molecule has 0 radical (unpaired) electrons. The number of nitrogens with zero attached hydrogens (tertiary/aromatic N) is 1. The Kier molecular flexibility index (Phi) is 3.83. The quantitative estimate of drug-likeness (QED) is 0.905. The van der Waals surface area contributed by atoms with Crippen LogP contribution >= 0.6 is 0 Å². The van der Waals surface area contributed by atoms with Crippen molar-refractivity contribution in [2.75, 3.05) is 4.90 Å². The number of carboxylic acid groups (broad SMARTS) is 1. The Morgan fingerprint density at radius 2 is 2.11 bits per heavy atom. The summed E-state index contributed by atoms with van der Waals surface area (Å²) in [6, 6.07) is 7.24. The molecule has 0 spiro atoms.